The van der Waals surface area contributed by atoms with Gasteiger partial charge in [0, 0.05) is 4.47 Å². The molecular formula is C12H15BrO2. The Labute approximate surface area is 98.8 Å². The third kappa shape index (κ3) is 2.81. The van der Waals surface area contributed by atoms with Crippen LogP contribution >= 0.6 is 15.9 Å². The van der Waals surface area contributed by atoms with E-state index in [1.54, 1.807) is 0 Å². The van der Waals surface area contributed by atoms with Crippen molar-refractivity contribution in [3.05, 3.63) is 33.3 Å². The predicted molar refractivity (Wildman–Crippen MR) is 64.2 cm³/mol. The van der Waals surface area contributed by atoms with E-state index in [0.717, 1.165) is 22.0 Å². The maximum Gasteiger partial charge on any atom is 0.338 e. The van der Waals surface area contributed by atoms with Crippen LogP contribution in [0.25, 0.3) is 0 Å². The van der Waals surface area contributed by atoms with Crippen molar-refractivity contribution in [2.75, 3.05) is 6.61 Å². The van der Waals surface area contributed by atoms with Gasteiger partial charge in [-0.3, -0.25) is 0 Å². The topological polar surface area (TPSA) is 26.3 Å². The standard InChI is InChI=1S/C12H15BrO2/c1-4-9-7-10(13)6-8(3)11(9)12(14)15-5-2/h6-7H,4-5H2,1-3H3. The van der Waals surface area contributed by atoms with E-state index in [4.69, 9.17) is 4.74 Å². The maximum atomic E-state index is 11.7. The van der Waals surface area contributed by atoms with E-state index in [1.165, 1.54) is 0 Å². The number of aryl methyl sites for hydroxylation is 2. The molecule has 0 saturated heterocycles. The van der Waals surface area contributed by atoms with E-state index in [2.05, 4.69) is 15.9 Å². The Morgan fingerprint density at radius 1 is 1.40 bits per heavy atom. The van der Waals surface area contributed by atoms with Gasteiger partial charge in [0.1, 0.15) is 0 Å². The number of halogens is 1. The smallest absolute Gasteiger partial charge is 0.338 e. The van der Waals surface area contributed by atoms with Crippen LogP contribution in [-0.4, -0.2) is 12.6 Å². The summed E-state index contributed by atoms with van der Waals surface area (Å²) in [4.78, 5) is 11.7. The molecule has 0 heterocycles. The highest BCUT2D eigenvalue weighted by molar-refractivity contribution is 9.10. The Morgan fingerprint density at radius 2 is 2.07 bits per heavy atom. The summed E-state index contributed by atoms with van der Waals surface area (Å²) in [5, 5.41) is 0. The van der Waals surface area contributed by atoms with Crippen molar-refractivity contribution in [3.63, 3.8) is 0 Å². The van der Waals surface area contributed by atoms with E-state index in [1.807, 2.05) is 32.9 Å². The van der Waals surface area contributed by atoms with Crippen LogP contribution in [0.5, 0.6) is 0 Å². The summed E-state index contributed by atoms with van der Waals surface area (Å²) in [7, 11) is 0. The number of rotatable bonds is 3. The van der Waals surface area contributed by atoms with Gasteiger partial charge in [0.2, 0.25) is 0 Å². The molecule has 0 atom stereocenters. The quantitative estimate of drug-likeness (QED) is 0.786. The fourth-order valence-electron chi connectivity index (χ4n) is 1.59. The molecule has 1 aromatic carbocycles. The second kappa shape index (κ2) is 5.31. The lowest BCUT2D eigenvalue weighted by atomic mass is 10.0. The molecule has 0 amide bonds. The number of ether oxygens (including phenoxy) is 1. The molecule has 1 rings (SSSR count). The lowest BCUT2D eigenvalue weighted by molar-refractivity contribution is 0.0524. The van der Waals surface area contributed by atoms with Gasteiger partial charge in [-0.05, 0) is 43.5 Å². The fraction of sp³-hybridized carbons (Fsp3) is 0.417. The lowest BCUT2D eigenvalue weighted by Gasteiger charge is -2.11. The Balaban J connectivity index is 3.20. The first kappa shape index (κ1) is 12.2. The summed E-state index contributed by atoms with van der Waals surface area (Å²) < 4.78 is 6.04. The van der Waals surface area contributed by atoms with E-state index in [-0.39, 0.29) is 5.97 Å². The number of carbonyl (C=O) groups is 1. The molecule has 2 nitrogen and oxygen atoms in total. The molecule has 0 spiro atoms. The van der Waals surface area contributed by atoms with Crippen LogP contribution in [0.2, 0.25) is 0 Å². The van der Waals surface area contributed by atoms with Crippen molar-refractivity contribution in [1.29, 1.82) is 0 Å². The molecular weight excluding hydrogens is 256 g/mol. The van der Waals surface area contributed by atoms with Crippen LogP contribution in [0.3, 0.4) is 0 Å². The first-order chi connectivity index (χ1) is 7.10. The molecule has 0 aromatic heterocycles. The molecule has 0 fully saturated rings. The van der Waals surface area contributed by atoms with Crippen molar-refractivity contribution in [1.82, 2.24) is 0 Å². The fourth-order valence-corrected chi connectivity index (χ4v) is 2.21. The molecule has 15 heavy (non-hydrogen) atoms. The van der Waals surface area contributed by atoms with Gasteiger partial charge in [-0.2, -0.15) is 0 Å². The predicted octanol–water partition coefficient (Wildman–Crippen LogP) is 3.50. The Hall–Kier alpha value is -0.830. The van der Waals surface area contributed by atoms with E-state index < -0.39 is 0 Å². The molecule has 0 aliphatic heterocycles. The largest absolute Gasteiger partial charge is 0.462 e. The van der Waals surface area contributed by atoms with Crippen LogP contribution in [0.1, 0.15) is 35.3 Å². The molecule has 1 aromatic rings. The summed E-state index contributed by atoms with van der Waals surface area (Å²) in [5.74, 6) is -0.223. The van der Waals surface area contributed by atoms with Crippen molar-refractivity contribution in [2.45, 2.75) is 27.2 Å². The molecule has 82 valence electrons. The van der Waals surface area contributed by atoms with Gasteiger partial charge in [-0.15, -0.1) is 0 Å². The first-order valence-electron chi connectivity index (χ1n) is 5.06. The van der Waals surface area contributed by atoms with Gasteiger partial charge in [0.15, 0.2) is 0 Å². The third-order valence-electron chi connectivity index (χ3n) is 2.24. The molecule has 0 aliphatic rings. The number of hydrogen-bond acceptors (Lipinski definition) is 2. The molecule has 3 heteroatoms. The van der Waals surface area contributed by atoms with Gasteiger partial charge in [0.25, 0.3) is 0 Å². The van der Waals surface area contributed by atoms with Crippen LogP contribution in [0.15, 0.2) is 16.6 Å². The van der Waals surface area contributed by atoms with Crippen molar-refractivity contribution in [2.24, 2.45) is 0 Å². The second-order valence-electron chi connectivity index (χ2n) is 3.33. The Kier molecular flexibility index (Phi) is 4.33. The van der Waals surface area contributed by atoms with E-state index in [9.17, 15) is 4.79 Å². The highest BCUT2D eigenvalue weighted by Crippen LogP contribution is 2.22. The monoisotopic (exact) mass is 270 g/mol. The molecule has 0 saturated carbocycles. The lowest BCUT2D eigenvalue weighted by Crippen LogP contribution is -2.10. The highest BCUT2D eigenvalue weighted by atomic mass is 79.9. The van der Waals surface area contributed by atoms with Gasteiger partial charge in [0.05, 0.1) is 12.2 Å². The molecule has 0 aliphatic carbocycles. The second-order valence-corrected chi connectivity index (χ2v) is 4.25. The summed E-state index contributed by atoms with van der Waals surface area (Å²) in [6.45, 7) is 6.19. The summed E-state index contributed by atoms with van der Waals surface area (Å²) in [6, 6.07) is 3.91. The van der Waals surface area contributed by atoms with Crippen LogP contribution < -0.4 is 0 Å². The van der Waals surface area contributed by atoms with E-state index >= 15 is 0 Å². The minimum absolute atomic E-state index is 0.223. The number of hydrogen-bond donors (Lipinski definition) is 0. The maximum absolute atomic E-state index is 11.7. The van der Waals surface area contributed by atoms with Crippen molar-refractivity contribution >= 4 is 21.9 Å². The van der Waals surface area contributed by atoms with Crippen molar-refractivity contribution < 1.29 is 9.53 Å². The molecule has 0 N–H and O–H groups in total. The average molecular weight is 271 g/mol. The zero-order valence-corrected chi connectivity index (χ0v) is 10.8. The SMILES string of the molecule is CCOC(=O)c1c(C)cc(Br)cc1CC. The molecule has 0 radical (unpaired) electrons. The van der Waals surface area contributed by atoms with Gasteiger partial charge in [-0.25, -0.2) is 4.79 Å². The zero-order valence-electron chi connectivity index (χ0n) is 9.26. The van der Waals surface area contributed by atoms with Crippen molar-refractivity contribution in [3.8, 4) is 0 Å². The van der Waals surface area contributed by atoms with E-state index in [0.29, 0.717) is 12.2 Å². The molecule has 0 bridgehead atoms. The summed E-state index contributed by atoms with van der Waals surface area (Å²) >= 11 is 3.42. The van der Waals surface area contributed by atoms with Gasteiger partial charge < -0.3 is 4.74 Å². The third-order valence-corrected chi connectivity index (χ3v) is 2.70. The number of carbonyl (C=O) groups excluding carboxylic acids is 1. The first-order valence-corrected chi connectivity index (χ1v) is 5.85. The average Bonchev–Trinajstić information content (AvgIpc) is 2.16. The zero-order chi connectivity index (χ0) is 11.4. The van der Waals surface area contributed by atoms with Gasteiger partial charge in [-0.1, -0.05) is 22.9 Å². The van der Waals surface area contributed by atoms with Crippen LogP contribution in [-0.2, 0) is 11.2 Å². The normalized spacial score (nSPS) is 10.1. The number of esters is 1. The minimum Gasteiger partial charge on any atom is -0.462 e. The minimum atomic E-state index is -0.223. The van der Waals surface area contributed by atoms with Gasteiger partial charge >= 0.3 is 5.97 Å². The molecule has 0 unspecified atom stereocenters. The number of benzene rings is 1. The Morgan fingerprint density at radius 3 is 2.60 bits per heavy atom. The van der Waals surface area contributed by atoms with Crippen LogP contribution in [0, 0.1) is 6.92 Å². The summed E-state index contributed by atoms with van der Waals surface area (Å²) in [6.07, 6.45) is 0.828. The van der Waals surface area contributed by atoms with Crippen LogP contribution in [0.4, 0.5) is 0 Å². The Bertz CT molecular complexity index is 372. The summed E-state index contributed by atoms with van der Waals surface area (Å²) in [5.41, 5.74) is 2.70. The highest BCUT2D eigenvalue weighted by Gasteiger charge is 2.15.